The van der Waals surface area contributed by atoms with Gasteiger partial charge in [-0.2, -0.15) is 0 Å². The molecule has 624 valence electrons. The van der Waals surface area contributed by atoms with E-state index in [2.05, 4.69) is 34.6 Å². The fourth-order valence-corrected chi connectivity index (χ4v) is 15.0. The molecule has 0 aliphatic carbocycles. The molecule has 0 amide bonds. The van der Waals surface area contributed by atoms with E-state index in [0.717, 1.165) is 95.8 Å². The van der Waals surface area contributed by atoms with E-state index >= 15 is 0 Å². The standard InChI is InChI=1S/C86H168O17P2/c1-6-10-13-16-19-22-25-28-31-33-34-35-36-37-39-41-44-47-50-57-62-67-72-86(91)102-81(75-96-83(88)69-64-59-54-48-45-43-40-38-32-29-26-23-20-17-14-11-7-2)77-100-104(92,93)98-73-80(87)74-99-105(94,95)101-78-82(76-97-84(89)70-65-60-55-52-51-53-58-63-68-79(5)9-4)103-85(90)71-66-61-56-49-46-42-30-27-24-21-18-15-12-8-3/h79-82,87H,6-78H2,1-5H3,(H,92,93)(H,94,95)/t79?,80-,81-,82-/m1/s1. The van der Waals surface area contributed by atoms with Gasteiger partial charge in [-0.25, -0.2) is 9.13 Å². The highest BCUT2D eigenvalue weighted by Gasteiger charge is 2.30. The van der Waals surface area contributed by atoms with Crippen LogP contribution in [0.4, 0.5) is 0 Å². The summed E-state index contributed by atoms with van der Waals surface area (Å²) in [5.41, 5.74) is 0. The third-order valence-electron chi connectivity index (χ3n) is 20.6. The number of aliphatic hydroxyl groups is 1. The Balaban J connectivity index is 5.23. The van der Waals surface area contributed by atoms with Crippen LogP contribution in [0.5, 0.6) is 0 Å². The molecule has 0 bridgehead atoms. The molecule has 0 spiro atoms. The van der Waals surface area contributed by atoms with Crippen molar-refractivity contribution in [3.63, 3.8) is 0 Å². The Bertz CT molecular complexity index is 2000. The summed E-state index contributed by atoms with van der Waals surface area (Å²) in [6.07, 6.45) is 72.2. The summed E-state index contributed by atoms with van der Waals surface area (Å²) < 4.78 is 68.9. The lowest BCUT2D eigenvalue weighted by molar-refractivity contribution is -0.161. The lowest BCUT2D eigenvalue weighted by Crippen LogP contribution is -2.30. The molecule has 105 heavy (non-hydrogen) atoms. The highest BCUT2D eigenvalue weighted by atomic mass is 31.2. The molecule has 0 aliphatic heterocycles. The van der Waals surface area contributed by atoms with Crippen LogP contribution in [0, 0.1) is 5.92 Å². The van der Waals surface area contributed by atoms with Gasteiger partial charge in [-0.3, -0.25) is 37.3 Å². The van der Waals surface area contributed by atoms with Gasteiger partial charge in [-0.1, -0.05) is 413 Å². The van der Waals surface area contributed by atoms with Crippen molar-refractivity contribution in [2.75, 3.05) is 39.6 Å². The van der Waals surface area contributed by atoms with E-state index in [0.29, 0.717) is 25.7 Å². The van der Waals surface area contributed by atoms with E-state index < -0.39 is 97.5 Å². The first-order valence-corrected chi connectivity index (χ1v) is 47.7. The maximum Gasteiger partial charge on any atom is 0.472 e. The van der Waals surface area contributed by atoms with E-state index in [9.17, 15) is 43.2 Å². The van der Waals surface area contributed by atoms with Gasteiger partial charge in [0, 0.05) is 25.7 Å². The number of unbranched alkanes of at least 4 members (excludes halogenated alkanes) is 57. The summed E-state index contributed by atoms with van der Waals surface area (Å²) >= 11 is 0. The van der Waals surface area contributed by atoms with Gasteiger partial charge in [0.2, 0.25) is 0 Å². The average molecular weight is 1540 g/mol. The van der Waals surface area contributed by atoms with Gasteiger partial charge >= 0.3 is 39.5 Å². The largest absolute Gasteiger partial charge is 0.472 e. The van der Waals surface area contributed by atoms with Gasteiger partial charge in [0.25, 0.3) is 0 Å². The number of phosphoric acid groups is 2. The van der Waals surface area contributed by atoms with Crippen LogP contribution in [0.25, 0.3) is 0 Å². The zero-order valence-corrected chi connectivity index (χ0v) is 70.7. The van der Waals surface area contributed by atoms with E-state index in [-0.39, 0.29) is 25.7 Å². The first-order valence-electron chi connectivity index (χ1n) is 44.7. The molecule has 0 saturated heterocycles. The SMILES string of the molecule is CCCCCCCCCCCCCCCCCCCCCCCCC(=O)O[C@H](COC(=O)CCCCCCCCCCCCCCCCCCC)COP(=O)(O)OC[C@@H](O)COP(=O)(O)OC[C@@H](COC(=O)CCCCCCCCCCC(C)CC)OC(=O)CCCCCCCCCCCCCCCC. The third-order valence-corrected chi connectivity index (χ3v) is 22.5. The summed E-state index contributed by atoms with van der Waals surface area (Å²) in [5, 5.41) is 10.7. The van der Waals surface area contributed by atoms with E-state index in [1.165, 1.54) is 289 Å². The van der Waals surface area contributed by atoms with Crippen molar-refractivity contribution in [2.24, 2.45) is 5.92 Å². The first-order chi connectivity index (χ1) is 51.1. The normalized spacial score (nSPS) is 14.0. The monoisotopic (exact) mass is 1540 g/mol. The number of phosphoric ester groups is 2. The third kappa shape index (κ3) is 78.5. The zero-order valence-electron chi connectivity index (χ0n) is 68.9. The van der Waals surface area contributed by atoms with Crippen molar-refractivity contribution in [1.29, 1.82) is 0 Å². The highest BCUT2D eigenvalue weighted by Crippen LogP contribution is 2.45. The van der Waals surface area contributed by atoms with Crippen molar-refractivity contribution in [2.45, 2.75) is 483 Å². The Morgan fingerprint density at radius 2 is 0.457 bits per heavy atom. The fourth-order valence-electron chi connectivity index (χ4n) is 13.4. The highest BCUT2D eigenvalue weighted by molar-refractivity contribution is 7.47. The molecule has 0 aliphatic rings. The Morgan fingerprint density at radius 1 is 0.267 bits per heavy atom. The van der Waals surface area contributed by atoms with Gasteiger partial charge in [0.05, 0.1) is 26.4 Å². The molecular weight excluding hydrogens is 1370 g/mol. The van der Waals surface area contributed by atoms with Crippen molar-refractivity contribution in [3.05, 3.63) is 0 Å². The summed E-state index contributed by atoms with van der Waals surface area (Å²) in [4.78, 5) is 73.2. The molecule has 3 N–H and O–H groups in total. The topological polar surface area (TPSA) is 237 Å². The second-order valence-electron chi connectivity index (χ2n) is 31.2. The van der Waals surface area contributed by atoms with E-state index in [1.54, 1.807) is 0 Å². The summed E-state index contributed by atoms with van der Waals surface area (Å²) in [6, 6.07) is 0. The number of ether oxygens (including phenoxy) is 4. The molecule has 0 aromatic rings. The van der Waals surface area contributed by atoms with Gasteiger partial charge < -0.3 is 33.8 Å². The predicted molar refractivity (Wildman–Crippen MR) is 432 cm³/mol. The molecular formula is C86H168O17P2. The molecule has 17 nitrogen and oxygen atoms in total. The number of rotatable bonds is 86. The van der Waals surface area contributed by atoms with Gasteiger partial charge in [-0.05, 0) is 31.6 Å². The van der Waals surface area contributed by atoms with Crippen LogP contribution in [0.3, 0.4) is 0 Å². The minimum atomic E-state index is -4.97. The molecule has 0 rings (SSSR count). The average Bonchev–Trinajstić information content (AvgIpc) is 0.952. The van der Waals surface area contributed by atoms with Crippen LogP contribution in [-0.4, -0.2) is 96.7 Å². The van der Waals surface area contributed by atoms with Crippen molar-refractivity contribution in [3.8, 4) is 0 Å². The van der Waals surface area contributed by atoms with Crippen LogP contribution < -0.4 is 0 Å². The second kappa shape index (κ2) is 78.7. The van der Waals surface area contributed by atoms with E-state index in [1.807, 2.05) is 0 Å². The number of aliphatic hydroxyl groups excluding tert-OH is 1. The minimum Gasteiger partial charge on any atom is -0.462 e. The molecule has 3 unspecified atom stereocenters. The Kier molecular flexibility index (Phi) is 77.3. The maximum absolute atomic E-state index is 13.1. The van der Waals surface area contributed by atoms with Gasteiger partial charge in [0.15, 0.2) is 12.2 Å². The Morgan fingerprint density at radius 3 is 0.676 bits per heavy atom. The zero-order chi connectivity index (χ0) is 76.9. The molecule has 0 saturated carbocycles. The molecule has 0 radical (unpaired) electrons. The maximum atomic E-state index is 13.1. The lowest BCUT2D eigenvalue weighted by atomic mass is 9.99. The summed E-state index contributed by atoms with van der Waals surface area (Å²) in [7, 11) is -9.93. The first kappa shape index (κ1) is 103. The Labute approximate surface area is 645 Å². The van der Waals surface area contributed by atoms with Crippen molar-refractivity contribution >= 4 is 39.5 Å². The fraction of sp³-hybridized carbons (Fsp3) is 0.953. The number of carbonyl (C=O) groups is 4. The number of carbonyl (C=O) groups excluding carboxylic acids is 4. The van der Waals surface area contributed by atoms with Gasteiger partial charge in [0.1, 0.15) is 19.3 Å². The number of esters is 4. The molecule has 6 atom stereocenters. The Hall–Kier alpha value is -1.94. The van der Waals surface area contributed by atoms with Crippen molar-refractivity contribution in [1.82, 2.24) is 0 Å². The molecule has 0 heterocycles. The minimum absolute atomic E-state index is 0.108. The van der Waals surface area contributed by atoms with E-state index in [4.69, 9.17) is 37.0 Å². The molecule has 0 aromatic heterocycles. The predicted octanol–water partition coefficient (Wildman–Crippen LogP) is 26.4. The molecule has 0 fully saturated rings. The molecule has 0 aromatic carbocycles. The quantitative estimate of drug-likeness (QED) is 0.0222. The number of hydrogen-bond donors (Lipinski definition) is 3. The molecule has 19 heteroatoms. The van der Waals surface area contributed by atoms with Crippen LogP contribution in [0.2, 0.25) is 0 Å². The van der Waals surface area contributed by atoms with Crippen LogP contribution >= 0.6 is 15.6 Å². The van der Waals surface area contributed by atoms with Crippen LogP contribution in [0.1, 0.15) is 465 Å². The summed E-state index contributed by atoms with van der Waals surface area (Å²) in [6.45, 7) is 7.37. The smallest absolute Gasteiger partial charge is 0.462 e. The summed E-state index contributed by atoms with van der Waals surface area (Å²) in [5.74, 6) is -1.32. The second-order valence-corrected chi connectivity index (χ2v) is 34.1. The van der Waals surface area contributed by atoms with Crippen LogP contribution in [0.15, 0.2) is 0 Å². The lowest BCUT2D eigenvalue weighted by Gasteiger charge is -2.21. The number of hydrogen-bond acceptors (Lipinski definition) is 15. The van der Waals surface area contributed by atoms with Crippen molar-refractivity contribution < 1.29 is 80.2 Å². The van der Waals surface area contributed by atoms with Gasteiger partial charge in [-0.15, -0.1) is 0 Å². The van der Waals surface area contributed by atoms with Crippen LogP contribution in [-0.2, 0) is 65.4 Å².